The number of amides is 2. The lowest BCUT2D eigenvalue weighted by Crippen LogP contribution is -2.67. The minimum atomic E-state index is -5.70. The van der Waals surface area contributed by atoms with Crippen LogP contribution in [0.3, 0.4) is 0 Å². The second-order valence-electron chi connectivity index (χ2n) is 19.9. The van der Waals surface area contributed by atoms with Crippen LogP contribution < -0.4 is 21.9 Å². The summed E-state index contributed by atoms with van der Waals surface area (Å²) >= 11 is 0. The van der Waals surface area contributed by atoms with E-state index in [4.69, 9.17) is 24.0 Å². The molecule has 70 heavy (non-hydrogen) atoms. The van der Waals surface area contributed by atoms with Gasteiger partial charge in [0.05, 0.1) is 36.1 Å². The Morgan fingerprint density at radius 3 is 2.41 bits per heavy atom. The van der Waals surface area contributed by atoms with Gasteiger partial charge in [0.15, 0.2) is 0 Å². The fourth-order valence-electron chi connectivity index (χ4n) is 12.3. The predicted molar refractivity (Wildman–Crippen MR) is 245 cm³/mol. The van der Waals surface area contributed by atoms with E-state index in [1.165, 1.54) is 18.3 Å². The molecule has 13 atom stereocenters. The molecule has 1 saturated heterocycles. The lowest BCUT2D eigenvalue weighted by molar-refractivity contribution is -0.245. The molecule has 9 N–H and O–H groups in total. The SMILES string of the molecule is C[C@]12CC[C@H](OCC(=O)NCCCCCC(=O)NC/C=C/c3cn([C@H]4CCC(COP(=O)(O)OP(=O)(O)OP(=O)(O)O)O4)c(=O)[nH]c3=O)C[C@H]1CC[C@@H]1[C@@H]2C[C@@H](O)[C@]2(C)[C@@H](C3=CC(=O)OC3)CCC12O. The van der Waals surface area contributed by atoms with Crippen LogP contribution in [-0.4, -0.2) is 114 Å². The summed E-state index contributed by atoms with van der Waals surface area (Å²) in [5.41, 5.74) is -2.47. The molecule has 24 nitrogen and oxygen atoms in total. The van der Waals surface area contributed by atoms with Crippen LogP contribution in [0.2, 0.25) is 0 Å². The van der Waals surface area contributed by atoms with Gasteiger partial charge in [0, 0.05) is 37.2 Å². The quantitative estimate of drug-likeness (QED) is 0.0485. The van der Waals surface area contributed by atoms with Gasteiger partial charge in [-0.1, -0.05) is 32.4 Å². The zero-order valence-electron chi connectivity index (χ0n) is 39.1. The van der Waals surface area contributed by atoms with Crippen molar-refractivity contribution in [1.82, 2.24) is 20.2 Å². The van der Waals surface area contributed by atoms with Gasteiger partial charge in [0.25, 0.3) is 5.56 Å². The topological polar surface area (TPSA) is 358 Å². The minimum absolute atomic E-state index is 0.0500. The maximum atomic E-state index is 12.7. The minimum Gasteiger partial charge on any atom is -0.458 e. The first-order chi connectivity index (χ1) is 32.8. The lowest BCUT2D eigenvalue weighted by atomic mass is 9.42. The third-order valence-electron chi connectivity index (χ3n) is 15.8. The number of hydrogen-bond acceptors (Lipinski definition) is 16. The fourth-order valence-corrected chi connectivity index (χ4v) is 15.4. The van der Waals surface area contributed by atoms with Crippen molar-refractivity contribution in [3.63, 3.8) is 0 Å². The van der Waals surface area contributed by atoms with E-state index in [9.17, 15) is 57.7 Å². The van der Waals surface area contributed by atoms with Crippen molar-refractivity contribution in [2.24, 2.45) is 34.5 Å². The lowest BCUT2D eigenvalue weighted by Gasteiger charge is -2.65. The van der Waals surface area contributed by atoms with E-state index in [2.05, 4.69) is 35.7 Å². The Balaban J connectivity index is 0.759. The van der Waals surface area contributed by atoms with E-state index < -0.39 is 70.8 Å². The van der Waals surface area contributed by atoms with E-state index in [1.807, 2.05) is 6.92 Å². The molecule has 6 aliphatic rings. The Kier molecular flexibility index (Phi) is 16.9. The average molecular weight is 1050 g/mol. The zero-order valence-corrected chi connectivity index (χ0v) is 41.7. The second-order valence-corrected chi connectivity index (χ2v) is 24.3. The third kappa shape index (κ3) is 12.4. The number of fused-ring (bicyclic) bond motifs is 5. The molecule has 2 amide bonds. The van der Waals surface area contributed by atoms with Crippen LogP contribution in [0, 0.1) is 34.5 Å². The number of phosphoric ester groups is 1. The standard InChI is InChI=1S/C43H65N4O20P3/c1-41-15-13-29(20-28(41)9-11-32-33(41)21-34(48)42(2)31(14-16-43(32,42)54)27-19-38(51)63-23-27)62-25-36(50)45-17-5-3-4-8-35(49)44-18-6-7-26-22-47(40(53)46-39(26)52)37-12-10-30(65-37)24-64-69(58,59)67-70(60,61)66-68(55,56)57/h6-7,19,22,28-34,37,48,54H,3-5,8-18,20-21,23-25H2,1-2H3,(H,44,49)(H,45,50)(H,58,59)(H,60,61)(H,46,52,53)(H2,55,56,57)/b7-6+/t28-,29+,30?,31-,32-,33+,34-,37-,41+,42+,43?/m1/s1. The first-order valence-corrected chi connectivity index (χ1v) is 28.2. The second kappa shape index (κ2) is 21.7. The molecule has 0 radical (unpaired) electrons. The number of cyclic esters (lactones) is 1. The Bertz CT molecular complexity index is 2460. The highest BCUT2D eigenvalue weighted by atomic mass is 31.3. The van der Waals surface area contributed by atoms with E-state index in [0.29, 0.717) is 51.0 Å². The van der Waals surface area contributed by atoms with Gasteiger partial charge in [-0.15, -0.1) is 0 Å². The summed E-state index contributed by atoms with van der Waals surface area (Å²) in [6.07, 6.45) is 11.7. The number of nitrogens with zero attached hydrogens (tertiary/aromatic N) is 1. The summed E-state index contributed by atoms with van der Waals surface area (Å²) in [7, 11) is -16.6. The van der Waals surface area contributed by atoms with Crippen LogP contribution in [0.4, 0.5) is 0 Å². The molecule has 2 aliphatic heterocycles. The van der Waals surface area contributed by atoms with Gasteiger partial charge in [-0.2, -0.15) is 8.62 Å². The molecule has 5 fully saturated rings. The summed E-state index contributed by atoms with van der Waals surface area (Å²) in [6, 6.07) is 0. The molecule has 0 aromatic carbocycles. The molecule has 0 bridgehead atoms. The van der Waals surface area contributed by atoms with Gasteiger partial charge < -0.3 is 54.6 Å². The predicted octanol–water partition coefficient (Wildman–Crippen LogP) is 2.98. The molecule has 3 heterocycles. The van der Waals surface area contributed by atoms with Crippen LogP contribution in [-0.2, 0) is 55.4 Å². The summed E-state index contributed by atoms with van der Waals surface area (Å²) in [5, 5.41) is 29.9. The van der Waals surface area contributed by atoms with Gasteiger partial charge >= 0.3 is 35.1 Å². The van der Waals surface area contributed by atoms with E-state index in [0.717, 1.165) is 42.2 Å². The Hall–Kier alpha value is -3.18. The normalized spacial score (nSPS) is 34.7. The maximum Gasteiger partial charge on any atom is 0.490 e. The van der Waals surface area contributed by atoms with Gasteiger partial charge in [0.2, 0.25) is 11.8 Å². The Morgan fingerprint density at radius 1 is 0.914 bits per heavy atom. The zero-order chi connectivity index (χ0) is 50.9. The molecule has 4 saturated carbocycles. The number of aromatic amines is 1. The number of carbonyl (C=O) groups excluding carboxylic acids is 3. The fraction of sp³-hybridized carbons (Fsp3) is 0.744. The molecular weight excluding hydrogens is 985 g/mol. The van der Waals surface area contributed by atoms with E-state index in [-0.39, 0.29) is 91.6 Å². The molecule has 4 unspecified atom stereocenters. The number of aliphatic hydroxyl groups is 2. The van der Waals surface area contributed by atoms with Gasteiger partial charge in [-0.3, -0.25) is 28.5 Å². The number of rotatable bonds is 21. The number of unbranched alkanes of at least 4 members (excludes halogenated alkanes) is 2. The van der Waals surface area contributed by atoms with Gasteiger partial charge in [-0.05, 0) is 112 Å². The monoisotopic (exact) mass is 1050 g/mol. The number of aromatic nitrogens is 2. The van der Waals surface area contributed by atoms with Gasteiger partial charge in [-0.25, -0.2) is 23.3 Å². The highest BCUT2D eigenvalue weighted by Gasteiger charge is 2.71. The first kappa shape index (κ1) is 54.6. The summed E-state index contributed by atoms with van der Waals surface area (Å²) in [6.45, 7) is 4.30. The number of carbonyl (C=O) groups is 3. The highest BCUT2D eigenvalue weighted by molar-refractivity contribution is 7.66. The van der Waals surface area contributed by atoms with Crippen molar-refractivity contribution in [1.29, 1.82) is 0 Å². The van der Waals surface area contributed by atoms with Crippen LogP contribution >= 0.6 is 23.5 Å². The summed E-state index contributed by atoms with van der Waals surface area (Å²) in [4.78, 5) is 101. The number of nitrogens with one attached hydrogen (secondary N) is 3. The van der Waals surface area contributed by atoms with Crippen LogP contribution in [0.5, 0.6) is 0 Å². The number of H-pyrrole nitrogens is 1. The molecular formula is C43H65N4O20P3. The molecule has 0 spiro atoms. The number of ether oxygens (including phenoxy) is 3. The van der Waals surface area contributed by atoms with Gasteiger partial charge in [0.1, 0.15) is 19.4 Å². The Morgan fingerprint density at radius 2 is 1.69 bits per heavy atom. The van der Waals surface area contributed by atoms with Crippen LogP contribution in [0.25, 0.3) is 6.08 Å². The molecule has 392 valence electrons. The molecule has 1 aromatic rings. The number of esters is 1. The summed E-state index contributed by atoms with van der Waals surface area (Å²) in [5.74, 6) is -0.347. The number of hydrogen-bond donors (Lipinski definition) is 9. The van der Waals surface area contributed by atoms with Crippen LogP contribution in [0.15, 0.2) is 33.5 Å². The third-order valence-corrected chi connectivity index (χ3v) is 19.6. The van der Waals surface area contributed by atoms with Crippen molar-refractivity contribution in [3.05, 3.63) is 50.3 Å². The first-order valence-electron chi connectivity index (χ1n) is 23.7. The molecule has 7 rings (SSSR count). The molecule has 4 aliphatic carbocycles. The highest BCUT2D eigenvalue weighted by Crippen LogP contribution is 2.70. The number of aliphatic hydroxyl groups excluding tert-OH is 1. The maximum absolute atomic E-state index is 12.7. The van der Waals surface area contributed by atoms with Crippen molar-refractivity contribution in [2.75, 3.05) is 32.9 Å². The smallest absolute Gasteiger partial charge is 0.458 e. The number of phosphoric acid groups is 3. The Labute approximate surface area is 403 Å². The van der Waals surface area contributed by atoms with Crippen LogP contribution in [0.1, 0.15) is 116 Å². The van der Waals surface area contributed by atoms with Crippen molar-refractivity contribution >= 4 is 47.3 Å². The van der Waals surface area contributed by atoms with Crippen molar-refractivity contribution in [3.8, 4) is 0 Å². The van der Waals surface area contributed by atoms with Crippen molar-refractivity contribution in [2.45, 2.75) is 134 Å². The molecule has 27 heteroatoms. The average Bonchev–Trinajstić information content (AvgIpc) is 3.99. The van der Waals surface area contributed by atoms with E-state index >= 15 is 0 Å². The van der Waals surface area contributed by atoms with Crippen molar-refractivity contribution < 1.29 is 85.2 Å². The largest absolute Gasteiger partial charge is 0.490 e. The molecule has 1 aromatic heterocycles. The van der Waals surface area contributed by atoms with E-state index in [1.54, 1.807) is 6.08 Å². The summed E-state index contributed by atoms with van der Waals surface area (Å²) < 4.78 is 64.5.